The molecule has 3 rings (SSSR count). The van der Waals surface area contributed by atoms with Crippen molar-refractivity contribution in [2.45, 2.75) is 6.61 Å². The van der Waals surface area contributed by atoms with Gasteiger partial charge in [0, 0.05) is 11.1 Å². The fraction of sp³-hybridized carbons (Fsp3) is 0.120. The number of rotatable bonds is 8. The number of ketones is 1. The molecule has 1 N–H and O–H groups in total. The maximum Gasteiger partial charge on any atom is 0.185 e. The van der Waals surface area contributed by atoms with Gasteiger partial charge in [-0.2, -0.15) is 5.26 Å². The first-order valence-corrected chi connectivity index (χ1v) is 9.43. The lowest BCUT2D eigenvalue weighted by atomic mass is 10.1. The summed E-state index contributed by atoms with van der Waals surface area (Å²) < 4.78 is 16.3. The summed E-state index contributed by atoms with van der Waals surface area (Å²) >= 11 is 0. The Morgan fingerprint density at radius 3 is 2.42 bits per heavy atom. The highest BCUT2D eigenvalue weighted by molar-refractivity contribution is 6.07. The summed E-state index contributed by atoms with van der Waals surface area (Å²) in [7, 11) is 3.01. The number of carbonyl (C=O) groups excluding carboxylic acids is 1. The average Bonchev–Trinajstić information content (AvgIpc) is 2.81. The van der Waals surface area contributed by atoms with Crippen LogP contribution in [0, 0.1) is 11.3 Å². The number of phenolic OH excluding ortho intramolecular Hbond substituents is 1. The first-order valence-electron chi connectivity index (χ1n) is 9.43. The van der Waals surface area contributed by atoms with Crippen LogP contribution >= 0.6 is 0 Å². The van der Waals surface area contributed by atoms with Gasteiger partial charge in [0.1, 0.15) is 18.1 Å². The van der Waals surface area contributed by atoms with E-state index in [-0.39, 0.29) is 23.9 Å². The second-order valence-corrected chi connectivity index (χ2v) is 6.58. The molecule has 0 aliphatic carbocycles. The lowest BCUT2D eigenvalue weighted by Gasteiger charge is -2.11. The molecule has 0 amide bonds. The smallest absolute Gasteiger partial charge is 0.185 e. The maximum atomic E-state index is 12.5. The van der Waals surface area contributed by atoms with Crippen LogP contribution < -0.4 is 14.2 Å². The fourth-order valence-corrected chi connectivity index (χ4v) is 2.90. The molecule has 0 fully saturated rings. The number of nitrogens with zero attached hydrogens (tertiary/aromatic N) is 1. The Morgan fingerprint density at radius 2 is 1.74 bits per heavy atom. The quantitative estimate of drug-likeness (QED) is 0.422. The van der Waals surface area contributed by atoms with E-state index < -0.39 is 0 Å². The molecular weight excluding hydrogens is 394 g/mol. The van der Waals surface area contributed by atoms with Crippen molar-refractivity contribution in [3.63, 3.8) is 0 Å². The molecule has 6 nitrogen and oxygen atoms in total. The van der Waals surface area contributed by atoms with Gasteiger partial charge in [0.25, 0.3) is 0 Å². The first kappa shape index (κ1) is 21.5. The Bertz CT molecular complexity index is 1140. The zero-order valence-electron chi connectivity index (χ0n) is 17.2. The number of benzene rings is 3. The van der Waals surface area contributed by atoms with E-state index in [1.165, 1.54) is 31.4 Å². The number of carbonyl (C=O) groups is 1. The van der Waals surface area contributed by atoms with Gasteiger partial charge in [-0.3, -0.25) is 4.79 Å². The second kappa shape index (κ2) is 9.99. The zero-order chi connectivity index (χ0) is 22.2. The van der Waals surface area contributed by atoms with Crippen LogP contribution in [-0.4, -0.2) is 25.1 Å². The molecule has 0 spiro atoms. The Hall–Kier alpha value is -4.24. The summed E-state index contributed by atoms with van der Waals surface area (Å²) in [6.07, 6.45) is 3.16. The lowest BCUT2D eigenvalue weighted by Crippen LogP contribution is -1.99. The Kier molecular flexibility index (Phi) is 6.92. The molecule has 0 saturated carbocycles. The lowest BCUT2D eigenvalue weighted by molar-refractivity contribution is 0.104. The number of methoxy groups -OCH3 is 2. The molecule has 0 aromatic heterocycles. The summed E-state index contributed by atoms with van der Waals surface area (Å²) in [5, 5.41) is 18.6. The van der Waals surface area contributed by atoms with Crippen molar-refractivity contribution < 1.29 is 24.1 Å². The molecule has 6 heteroatoms. The zero-order valence-corrected chi connectivity index (χ0v) is 17.2. The summed E-state index contributed by atoms with van der Waals surface area (Å²) in [4.78, 5) is 12.5. The number of phenols is 1. The number of hydrogen-bond donors (Lipinski definition) is 1. The van der Waals surface area contributed by atoms with Gasteiger partial charge in [0.15, 0.2) is 17.3 Å². The number of hydrogen-bond acceptors (Lipinski definition) is 6. The van der Waals surface area contributed by atoms with Crippen molar-refractivity contribution >= 4 is 11.9 Å². The van der Waals surface area contributed by atoms with Gasteiger partial charge in [0.05, 0.1) is 25.9 Å². The topological polar surface area (TPSA) is 88.8 Å². The molecule has 0 aliphatic rings. The minimum absolute atomic E-state index is 0.0231. The van der Waals surface area contributed by atoms with Gasteiger partial charge in [-0.15, -0.1) is 0 Å². The number of ether oxygens (including phenoxy) is 3. The van der Waals surface area contributed by atoms with Gasteiger partial charge in [-0.05, 0) is 66.2 Å². The molecule has 0 unspecified atom stereocenters. The molecule has 0 heterocycles. The van der Waals surface area contributed by atoms with E-state index in [0.29, 0.717) is 22.6 Å². The highest BCUT2D eigenvalue weighted by Crippen LogP contribution is 2.27. The van der Waals surface area contributed by atoms with Crippen LogP contribution in [0.3, 0.4) is 0 Å². The van der Waals surface area contributed by atoms with Crippen LogP contribution in [0.5, 0.6) is 23.0 Å². The maximum absolute atomic E-state index is 12.5. The summed E-state index contributed by atoms with van der Waals surface area (Å²) in [5.41, 5.74) is 2.59. The van der Waals surface area contributed by atoms with Gasteiger partial charge >= 0.3 is 0 Å². The van der Waals surface area contributed by atoms with Gasteiger partial charge in [-0.25, -0.2) is 0 Å². The van der Waals surface area contributed by atoms with E-state index >= 15 is 0 Å². The average molecular weight is 415 g/mol. The normalized spacial score (nSPS) is 10.5. The monoisotopic (exact) mass is 415 g/mol. The minimum Gasteiger partial charge on any atom is -0.504 e. The third-order valence-electron chi connectivity index (χ3n) is 4.57. The van der Waals surface area contributed by atoms with Gasteiger partial charge in [-0.1, -0.05) is 12.1 Å². The standard InChI is InChI=1S/C25H21NO5/c1-29-24-12-6-17(5-10-22(27)19-7-11-23(28)25(14-19)30-2)13-20(24)16-31-21-8-3-18(15-26)4-9-21/h3-14,28H,16H2,1-2H3/b10-5+. The van der Waals surface area contributed by atoms with Crippen molar-refractivity contribution in [3.05, 3.63) is 89.0 Å². The molecular formula is C25H21NO5. The fourth-order valence-electron chi connectivity index (χ4n) is 2.90. The second-order valence-electron chi connectivity index (χ2n) is 6.58. The molecule has 0 atom stereocenters. The highest BCUT2D eigenvalue weighted by atomic mass is 16.5. The molecule has 0 aliphatic heterocycles. The molecule has 3 aromatic carbocycles. The van der Waals surface area contributed by atoms with E-state index in [0.717, 1.165) is 11.1 Å². The molecule has 0 bridgehead atoms. The van der Waals surface area contributed by atoms with Crippen molar-refractivity contribution in [3.8, 4) is 29.1 Å². The SMILES string of the molecule is COc1cc(C(=O)/C=C/c2ccc(OC)c(COc3ccc(C#N)cc3)c2)ccc1O. The Balaban J connectivity index is 1.74. The van der Waals surface area contributed by atoms with Gasteiger partial charge < -0.3 is 19.3 Å². The Morgan fingerprint density at radius 1 is 1.00 bits per heavy atom. The van der Waals surface area contributed by atoms with Crippen molar-refractivity contribution in [2.24, 2.45) is 0 Å². The van der Waals surface area contributed by atoms with E-state index in [4.69, 9.17) is 19.5 Å². The van der Waals surface area contributed by atoms with E-state index in [2.05, 4.69) is 6.07 Å². The minimum atomic E-state index is -0.218. The van der Waals surface area contributed by atoms with E-state index in [9.17, 15) is 9.90 Å². The molecule has 0 saturated heterocycles. The van der Waals surface area contributed by atoms with Crippen molar-refractivity contribution in [2.75, 3.05) is 14.2 Å². The van der Waals surface area contributed by atoms with Crippen LogP contribution in [0.2, 0.25) is 0 Å². The summed E-state index contributed by atoms with van der Waals surface area (Å²) in [5.74, 6) is 1.30. The third kappa shape index (κ3) is 5.43. The van der Waals surface area contributed by atoms with Crippen LogP contribution in [0.15, 0.2) is 66.7 Å². The molecule has 0 radical (unpaired) electrons. The summed E-state index contributed by atoms with van der Waals surface area (Å²) in [6, 6.07) is 18.9. The molecule has 3 aromatic rings. The largest absolute Gasteiger partial charge is 0.504 e. The van der Waals surface area contributed by atoms with Crippen LogP contribution in [-0.2, 0) is 6.61 Å². The Labute approximate surface area is 180 Å². The number of aromatic hydroxyl groups is 1. The van der Waals surface area contributed by atoms with Crippen LogP contribution in [0.4, 0.5) is 0 Å². The first-order chi connectivity index (χ1) is 15.0. The van der Waals surface area contributed by atoms with Crippen molar-refractivity contribution in [1.82, 2.24) is 0 Å². The third-order valence-corrected chi connectivity index (χ3v) is 4.57. The van der Waals surface area contributed by atoms with E-state index in [1.807, 2.05) is 18.2 Å². The predicted molar refractivity (Wildman–Crippen MR) is 117 cm³/mol. The van der Waals surface area contributed by atoms with Crippen molar-refractivity contribution in [1.29, 1.82) is 5.26 Å². The van der Waals surface area contributed by atoms with Crippen LogP contribution in [0.25, 0.3) is 6.08 Å². The highest BCUT2D eigenvalue weighted by Gasteiger charge is 2.09. The predicted octanol–water partition coefficient (Wildman–Crippen LogP) is 4.76. The van der Waals surface area contributed by atoms with Crippen LogP contribution in [0.1, 0.15) is 27.0 Å². The number of nitriles is 1. The summed E-state index contributed by atoms with van der Waals surface area (Å²) in [6.45, 7) is 0.264. The van der Waals surface area contributed by atoms with Gasteiger partial charge in [0.2, 0.25) is 0 Å². The van der Waals surface area contributed by atoms with E-state index in [1.54, 1.807) is 37.5 Å². The number of allylic oxidation sites excluding steroid dienone is 1. The molecule has 156 valence electrons. The molecule has 31 heavy (non-hydrogen) atoms.